The smallest absolute Gasteiger partial charge is 0.265 e. The lowest BCUT2D eigenvalue weighted by Crippen LogP contribution is -2.59. The van der Waals surface area contributed by atoms with Crippen LogP contribution in [0.2, 0.25) is 0 Å². The molecular weight excluding hydrogens is 404 g/mol. The fourth-order valence-electron chi connectivity index (χ4n) is 3.75. The zero-order valence-corrected chi connectivity index (χ0v) is 16.4. The fraction of sp³-hybridized carbons (Fsp3) is 0.421. The van der Waals surface area contributed by atoms with Crippen LogP contribution in [0.4, 0.5) is 34.9 Å². The third-order valence-corrected chi connectivity index (χ3v) is 5.18. The molecule has 162 valence electrons. The van der Waals surface area contributed by atoms with Crippen LogP contribution in [0.15, 0.2) is 24.5 Å². The van der Waals surface area contributed by atoms with Crippen LogP contribution in [0.1, 0.15) is 29.6 Å². The lowest BCUT2D eigenvalue weighted by molar-refractivity contribution is -0.0685. The van der Waals surface area contributed by atoms with Crippen LogP contribution in [-0.2, 0) is 0 Å². The highest BCUT2D eigenvalue weighted by atomic mass is 19.3. The van der Waals surface area contributed by atoms with E-state index in [9.17, 15) is 22.4 Å². The van der Waals surface area contributed by atoms with Gasteiger partial charge >= 0.3 is 0 Å². The van der Waals surface area contributed by atoms with Gasteiger partial charge < -0.3 is 21.3 Å². The number of amides is 1. The van der Waals surface area contributed by atoms with E-state index in [0.717, 1.165) is 18.3 Å². The molecule has 3 rings (SSSR count). The van der Waals surface area contributed by atoms with Gasteiger partial charge in [-0.3, -0.25) is 9.78 Å². The highest BCUT2D eigenvalue weighted by molar-refractivity contribution is 5.98. The van der Waals surface area contributed by atoms with E-state index < -0.39 is 35.5 Å². The molecule has 0 radical (unpaired) electrons. The minimum Gasteiger partial charge on any atom is -0.365 e. The van der Waals surface area contributed by atoms with E-state index in [1.165, 1.54) is 25.2 Å². The largest absolute Gasteiger partial charge is 0.365 e. The fourth-order valence-corrected chi connectivity index (χ4v) is 3.75. The predicted molar refractivity (Wildman–Crippen MR) is 104 cm³/mol. The van der Waals surface area contributed by atoms with Gasteiger partial charge in [0.1, 0.15) is 11.6 Å². The van der Waals surface area contributed by atoms with Crippen molar-refractivity contribution in [2.24, 2.45) is 5.73 Å². The highest BCUT2D eigenvalue weighted by Crippen LogP contribution is 2.37. The molecule has 0 bridgehead atoms. The Labute approximate surface area is 170 Å². The van der Waals surface area contributed by atoms with Crippen molar-refractivity contribution < 1.29 is 22.4 Å². The van der Waals surface area contributed by atoms with Crippen molar-refractivity contribution in [2.75, 3.05) is 24.3 Å². The third kappa shape index (κ3) is 4.30. The molecular formula is C19H22F4N6O. The number of hydrogen-bond acceptors (Lipinski definition) is 6. The molecule has 2 unspecified atom stereocenters. The van der Waals surface area contributed by atoms with Crippen molar-refractivity contribution in [3.8, 4) is 0 Å². The molecule has 0 aliphatic heterocycles. The average Bonchev–Trinajstić information content (AvgIpc) is 2.67. The number of primary amides is 1. The molecule has 11 heteroatoms. The first kappa shape index (κ1) is 21.8. The molecule has 2 aromatic rings. The molecule has 1 aliphatic rings. The monoisotopic (exact) mass is 426 g/mol. The first-order chi connectivity index (χ1) is 14.1. The zero-order valence-electron chi connectivity index (χ0n) is 16.4. The molecule has 1 saturated carbocycles. The summed E-state index contributed by atoms with van der Waals surface area (Å²) in [7, 11) is 2.88. The highest BCUT2D eigenvalue weighted by Gasteiger charge is 2.48. The maximum Gasteiger partial charge on any atom is 0.265 e. The Balaban J connectivity index is 2.01. The lowest BCUT2D eigenvalue weighted by Gasteiger charge is -2.42. The van der Waals surface area contributed by atoms with Gasteiger partial charge in [-0.1, -0.05) is 0 Å². The zero-order chi connectivity index (χ0) is 22.1. The van der Waals surface area contributed by atoms with Crippen molar-refractivity contribution in [3.63, 3.8) is 0 Å². The molecule has 2 aromatic heterocycles. The van der Waals surface area contributed by atoms with Gasteiger partial charge in [0.25, 0.3) is 11.8 Å². The maximum atomic E-state index is 14.8. The minimum absolute atomic E-state index is 0.137. The second-order valence-corrected chi connectivity index (χ2v) is 7.17. The van der Waals surface area contributed by atoms with Crippen molar-refractivity contribution >= 4 is 23.2 Å². The van der Waals surface area contributed by atoms with Gasteiger partial charge in [-0.15, -0.1) is 0 Å². The van der Waals surface area contributed by atoms with Crippen LogP contribution in [0.25, 0.3) is 0 Å². The quantitative estimate of drug-likeness (QED) is 0.615. The summed E-state index contributed by atoms with van der Waals surface area (Å²) < 4.78 is 56.9. The van der Waals surface area contributed by atoms with Crippen molar-refractivity contribution in [1.82, 2.24) is 15.3 Å². The number of carbonyl (C=O) groups is 1. The van der Waals surface area contributed by atoms with Gasteiger partial charge in [0.15, 0.2) is 11.6 Å². The van der Waals surface area contributed by atoms with Crippen LogP contribution < -0.4 is 21.3 Å². The Hall–Kier alpha value is -2.95. The predicted octanol–water partition coefficient (Wildman–Crippen LogP) is 2.81. The average molecular weight is 426 g/mol. The van der Waals surface area contributed by atoms with Crippen LogP contribution in [0.5, 0.6) is 0 Å². The maximum absolute atomic E-state index is 14.8. The lowest BCUT2D eigenvalue weighted by atomic mass is 9.86. The summed E-state index contributed by atoms with van der Waals surface area (Å²) in [5.74, 6) is -5.83. The van der Waals surface area contributed by atoms with E-state index in [-0.39, 0.29) is 35.7 Å². The van der Waals surface area contributed by atoms with Crippen molar-refractivity contribution in [1.29, 1.82) is 0 Å². The minimum atomic E-state index is -2.97. The Morgan fingerprint density at radius 2 is 2.03 bits per heavy atom. The molecule has 1 amide bonds. The molecule has 1 aliphatic carbocycles. The summed E-state index contributed by atoms with van der Waals surface area (Å²) in [4.78, 5) is 20.9. The van der Waals surface area contributed by atoms with E-state index in [2.05, 4.69) is 20.6 Å². The number of likely N-dealkylation sites (N-methyl/N-ethyl adjacent to an activating group) is 2. The van der Waals surface area contributed by atoms with Crippen LogP contribution in [0, 0.1) is 11.6 Å². The molecule has 0 aromatic carbocycles. The van der Waals surface area contributed by atoms with Crippen LogP contribution in [0.3, 0.4) is 0 Å². The second-order valence-electron chi connectivity index (χ2n) is 7.17. The number of rotatable bonds is 6. The summed E-state index contributed by atoms with van der Waals surface area (Å²) in [5.41, 5.74) is 5.20. The van der Waals surface area contributed by atoms with Gasteiger partial charge in [-0.05, 0) is 26.0 Å². The van der Waals surface area contributed by atoms with E-state index in [1.54, 1.807) is 0 Å². The van der Waals surface area contributed by atoms with E-state index in [1.807, 2.05) is 0 Å². The van der Waals surface area contributed by atoms with Gasteiger partial charge in [0, 0.05) is 19.5 Å². The molecule has 30 heavy (non-hydrogen) atoms. The Morgan fingerprint density at radius 1 is 1.30 bits per heavy atom. The standard InChI is InChI=1S/C19H22F4N6O/c1-25-15-14(4-3-5-19(15,22)23)29(2)18-13(21)7-12(16(24)30)17(28-18)27-11-6-10(20)8-26-9-11/h6-9,14-15,25H,3-5H2,1-2H3,(H2,24,30)(H,27,28). The summed E-state index contributed by atoms with van der Waals surface area (Å²) in [6, 6.07) is 0.0252. The number of nitrogens with two attached hydrogens (primary N) is 1. The van der Waals surface area contributed by atoms with Crippen molar-refractivity contribution in [3.05, 3.63) is 41.7 Å². The molecule has 0 saturated heterocycles. The number of nitrogens with one attached hydrogen (secondary N) is 2. The van der Waals surface area contributed by atoms with E-state index >= 15 is 0 Å². The first-order valence-electron chi connectivity index (χ1n) is 9.30. The third-order valence-electron chi connectivity index (χ3n) is 5.18. The molecule has 2 atom stereocenters. The number of nitrogens with zero attached hydrogens (tertiary/aromatic N) is 3. The Bertz CT molecular complexity index is 941. The molecule has 1 fully saturated rings. The first-order valence-corrected chi connectivity index (χ1v) is 9.30. The number of alkyl halides is 2. The summed E-state index contributed by atoms with van der Waals surface area (Å²) in [6.07, 6.45) is 2.66. The van der Waals surface area contributed by atoms with Gasteiger partial charge in [0.05, 0.1) is 35.7 Å². The molecule has 2 heterocycles. The number of aromatic nitrogens is 2. The number of halogens is 4. The SMILES string of the molecule is CNC1C(N(C)c2nc(Nc3cncc(F)c3)c(C(N)=O)cc2F)CCCC1(F)F. The topological polar surface area (TPSA) is 96.2 Å². The van der Waals surface area contributed by atoms with Crippen LogP contribution >= 0.6 is 0 Å². The van der Waals surface area contributed by atoms with E-state index in [0.29, 0.717) is 6.42 Å². The van der Waals surface area contributed by atoms with Gasteiger partial charge in [-0.2, -0.15) is 0 Å². The van der Waals surface area contributed by atoms with E-state index in [4.69, 9.17) is 5.73 Å². The molecule has 7 nitrogen and oxygen atoms in total. The number of carbonyl (C=O) groups excluding carboxylic acids is 1. The molecule has 4 N–H and O–H groups in total. The van der Waals surface area contributed by atoms with Crippen molar-refractivity contribution in [2.45, 2.75) is 37.3 Å². The summed E-state index contributed by atoms with van der Waals surface area (Å²) in [6.45, 7) is 0. The number of pyridine rings is 2. The summed E-state index contributed by atoms with van der Waals surface area (Å²) >= 11 is 0. The Morgan fingerprint density at radius 3 is 2.67 bits per heavy atom. The second kappa shape index (κ2) is 8.42. The molecule has 0 spiro atoms. The van der Waals surface area contributed by atoms with Gasteiger partial charge in [0.2, 0.25) is 0 Å². The number of anilines is 3. The van der Waals surface area contributed by atoms with Crippen LogP contribution in [-0.4, -0.2) is 48.0 Å². The Kier molecular flexibility index (Phi) is 6.11. The number of hydrogen-bond donors (Lipinski definition) is 3. The van der Waals surface area contributed by atoms with Gasteiger partial charge in [-0.25, -0.2) is 22.5 Å². The normalized spacial score (nSPS) is 20.6. The summed E-state index contributed by atoms with van der Waals surface area (Å²) in [5, 5.41) is 5.31.